The van der Waals surface area contributed by atoms with Gasteiger partial charge in [-0.25, -0.2) is 0 Å². The molecule has 7 heteroatoms. The van der Waals surface area contributed by atoms with Crippen molar-refractivity contribution < 1.29 is 19.4 Å². The molecule has 2 N–H and O–H groups in total. The van der Waals surface area contributed by atoms with E-state index in [0.717, 1.165) is 3.57 Å². The fourth-order valence-electron chi connectivity index (χ4n) is 2.39. The molecule has 1 heterocycles. The van der Waals surface area contributed by atoms with E-state index in [-0.39, 0.29) is 12.5 Å². The fraction of sp³-hybridized carbons (Fsp3) is 0.429. The van der Waals surface area contributed by atoms with Crippen LogP contribution >= 0.6 is 22.6 Å². The zero-order valence-corrected chi connectivity index (χ0v) is 13.7. The number of hydrogen-bond acceptors (Lipinski definition) is 5. The third kappa shape index (κ3) is 4.39. The minimum Gasteiger partial charge on any atom is -0.468 e. The number of aliphatic hydroxyl groups is 1. The van der Waals surface area contributed by atoms with Gasteiger partial charge in [-0.05, 0) is 40.8 Å². The molecule has 1 fully saturated rings. The number of aliphatic hydroxyl groups excluding tert-OH is 1. The Hall–Kier alpha value is -1.19. The summed E-state index contributed by atoms with van der Waals surface area (Å²) >= 11 is 2.17. The lowest BCUT2D eigenvalue weighted by atomic mass is 10.2. The largest absolute Gasteiger partial charge is 0.468 e. The van der Waals surface area contributed by atoms with Crippen LogP contribution < -0.4 is 5.32 Å². The Morgan fingerprint density at radius 2 is 2.29 bits per heavy atom. The van der Waals surface area contributed by atoms with Crippen molar-refractivity contribution in [1.29, 1.82) is 0 Å². The predicted molar refractivity (Wildman–Crippen MR) is 85.8 cm³/mol. The van der Waals surface area contributed by atoms with Crippen molar-refractivity contribution >= 4 is 40.2 Å². The molecule has 0 aromatic heterocycles. The number of anilines is 1. The number of hydrogen-bond donors (Lipinski definition) is 2. The van der Waals surface area contributed by atoms with Crippen LogP contribution in [0.2, 0.25) is 0 Å². The number of halogens is 1. The Morgan fingerprint density at radius 1 is 1.52 bits per heavy atom. The van der Waals surface area contributed by atoms with E-state index in [9.17, 15) is 14.7 Å². The van der Waals surface area contributed by atoms with Crippen molar-refractivity contribution in [2.45, 2.75) is 18.6 Å². The van der Waals surface area contributed by atoms with Gasteiger partial charge in [0.25, 0.3) is 0 Å². The van der Waals surface area contributed by atoms with Crippen LogP contribution in [0.15, 0.2) is 24.3 Å². The van der Waals surface area contributed by atoms with Gasteiger partial charge in [-0.2, -0.15) is 0 Å². The summed E-state index contributed by atoms with van der Waals surface area (Å²) in [7, 11) is 1.30. The number of carbonyl (C=O) groups is 2. The van der Waals surface area contributed by atoms with E-state index < -0.39 is 18.1 Å². The second-order valence-electron chi connectivity index (χ2n) is 4.92. The highest BCUT2D eigenvalue weighted by molar-refractivity contribution is 14.1. The summed E-state index contributed by atoms with van der Waals surface area (Å²) in [6.07, 6.45) is -0.317. The van der Waals surface area contributed by atoms with Crippen molar-refractivity contribution in [3.05, 3.63) is 27.8 Å². The maximum atomic E-state index is 12.1. The lowest BCUT2D eigenvalue weighted by Gasteiger charge is -2.21. The van der Waals surface area contributed by atoms with E-state index in [2.05, 4.69) is 27.9 Å². The van der Waals surface area contributed by atoms with Crippen molar-refractivity contribution in [1.82, 2.24) is 4.90 Å². The molecule has 1 aliphatic rings. The Bertz CT molecular complexity index is 537. The summed E-state index contributed by atoms with van der Waals surface area (Å²) in [5.74, 6) is -0.645. The maximum Gasteiger partial charge on any atom is 0.323 e. The van der Waals surface area contributed by atoms with Crippen molar-refractivity contribution in [2.24, 2.45) is 0 Å². The van der Waals surface area contributed by atoms with Gasteiger partial charge in [0.1, 0.15) is 6.04 Å². The average Bonchev–Trinajstić information content (AvgIpc) is 2.78. The van der Waals surface area contributed by atoms with Crippen LogP contribution in [0.3, 0.4) is 0 Å². The molecule has 1 aromatic rings. The zero-order valence-electron chi connectivity index (χ0n) is 11.6. The minimum absolute atomic E-state index is 0.0439. The molecule has 1 aliphatic heterocycles. The van der Waals surface area contributed by atoms with Gasteiger partial charge in [0.05, 0.1) is 19.8 Å². The van der Waals surface area contributed by atoms with Crippen molar-refractivity contribution in [2.75, 3.05) is 25.5 Å². The first-order chi connectivity index (χ1) is 9.99. The molecule has 0 radical (unpaired) electrons. The molecule has 1 saturated heterocycles. The SMILES string of the molecule is COC(=O)C1CC(O)CN1CC(=O)Nc1cccc(I)c1. The van der Waals surface area contributed by atoms with Gasteiger partial charge in [0, 0.05) is 22.2 Å². The van der Waals surface area contributed by atoms with Crippen LogP contribution in [0.1, 0.15) is 6.42 Å². The molecule has 6 nitrogen and oxygen atoms in total. The predicted octanol–water partition coefficient (Wildman–Crippen LogP) is 0.838. The van der Waals surface area contributed by atoms with Gasteiger partial charge in [-0.1, -0.05) is 6.07 Å². The number of esters is 1. The molecule has 0 bridgehead atoms. The normalized spacial score (nSPS) is 22.0. The van der Waals surface area contributed by atoms with E-state index in [1.165, 1.54) is 7.11 Å². The smallest absolute Gasteiger partial charge is 0.323 e. The molecule has 1 amide bonds. The van der Waals surface area contributed by atoms with E-state index in [1.807, 2.05) is 18.2 Å². The van der Waals surface area contributed by atoms with Gasteiger partial charge in [-0.15, -0.1) is 0 Å². The molecular weight excluding hydrogens is 387 g/mol. The number of likely N-dealkylation sites (tertiary alicyclic amines) is 1. The van der Waals surface area contributed by atoms with Gasteiger partial charge >= 0.3 is 5.97 Å². The third-order valence-corrected chi connectivity index (χ3v) is 3.98. The summed E-state index contributed by atoms with van der Waals surface area (Å²) < 4.78 is 5.73. The highest BCUT2D eigenvalue weighted by atomic mass is 127. The molecule has 21 heavy (non-hydrogen) atoms. The molecular formula is C14H17IN2O4. The summed E-state index contributed by atoms with van der Waals surface area (Å²) in [6, 6.07) is 6.88. The number of β-amino-alcohol motifs (C(OH)–C–C–N with tert-alkyl or cyclic N) is 1. The molecule has 1 aromatic carbocycles. The number of rotatable bonds is 4. The third-order valence-electron chi connectivity index (χ3n) is 3.31. The fourth-order valence-corrected chi connectivity index (χ4v) is 2.93. The number of carbonyl (C=O) groups excluding carboxylic acids is 2. The second kappa shape index (κ2) is 7.19. The minimum atomic E-state index is -0.612. The number of amides is 1. The van der Waals surface area contributed by atoms with Gasteiger partial charge < -0.3 is 15.2 Å². The molecule has 0 saturated carbocycles. The number of ether oxygens (including phenoxy) is 1. The first kappa shape index (κ1) is 16.2. The summed E-state index contributed by atoms with van der Waals surface area (Å²) in [6.45, 7) is 0.335. The van der Waals surface area contributed by atoms with Crippen molar-refractivity contribution in [3.63, 3.8) is 0 Å². The molecule has 0 spiro atoms. The lowest BCUT2D eigenvalue weighted by molar-refractivity contribution is -0.146. The standard InChI is InChI=1S/C14H17IN2O4/c1-21-14(20)12-6-11(18)7-17(12)8-13(19)16-10-4-2-3-9(15)5-10/h2-5,11-12,18H,6-8H2,1H3,(H,16,19). The molecule has 0 aliphatic carbocycles. The summed E-state index contributed by atoms with van der Waals surface area (Å²) in [5, 5.41) is 12.5. The molecule has 2 atom stereocenters. The highest BCUT2D eigenvalue weighted by Gasteiger charge is 2.37. The Kier molecular flexibility index (Phi) is 5.54. The first-order valence-electron chi connectivity index (χ1n) is 6.55. The summed E-state index contributed by atoms with van der Waals surface area (Å²) in [5.41, 5.74) is 0.710. The van der Waals surface area contributed by atoms with Crippen LogP contribution in [0, 0.1) is 3.57 Å². The van der Waals surface area contributed by atoms with Gasteiger partial charge in [0.2, 0.25) is 5.91 Å². The molecule has 2 rings (SSSR count). The van der Waals surface area contributed by atoms with E-state index in [1.54, 1.807) is 11.0 Å². The van der Waals surface area contributed by atoms with E-state index >= 15 is 0 Å². The molecule has 2 unspecified atom stereocenters. The topological polar surface area (TPSA) is 78.9 Å². The van der Waals surface area contributed by atoms with Crippen LogP contribution in [-0.2, 0) is 14.3 Å². The number of nitrogens with one attached hydrogen (secondary N) is 1. The van der Waals surface area contributed by atoms with Crippen LogP contribution in [0.4, 0.5) is 5.69 Å². The number of methoxy groups -OCH3 is 1. The molecule has 114 valence electrons. The van der Waals surface area contributed by atoms with Crippen LogP contribution in [0.25, 0.3) is 0 Å². The van der Waals surface area contributed by atoms with Crippen LogP contribution in [0.5, 0.6) is 0 Å². The van der Waals surface area contributed by atoms with Crippen LogP contribution in [-0.4, -0.2) is 54.2 Å². The van der Waals surface area contributed by atoms with E-state index in [4.69, 9.17) is 4.74 Å². The monoisotopic (exact) mass is 404 g/mol. The highest BCUT2D eigenvalue weighted by Crippen LogP contribution is 2.19. The first-order valence-corrected chi connectivity index (χ1v) is 7.63. The Morgan fingerprint density at radius 3 is 2.95 bits per heavy atom. The van der Waals surface area contributed by atoms with Gasteiger partial charge in [0.15, 0.2) is 0 Å². The number of nitrogens with zero attached hydrogens (tertiary/aromatic N) is 1. The lowest BCUT2D eigenvalue weighted by Crippen LogP contribution is -2.41. The average molecular weight is 404 g/mol. The summed E-state index contributed by atoms with van der Waals surface area (Å²) in [4.78, 5) is 25.3. The van der Waals surface area contributed by atoms with Crippen molar-refractivity contribution in [3.8, 4) is 0 Å². The van der Waals surface area contributed by atoms with Gasteiger partial charge in [-0.3, -0.25) is 14.5 Å². The van der Waals surface area contributed by atoms with E-state index in [0.29, 0.717) is 18.7 Å². The Labute approximate surface area is 136 Å². The second-order valence-corrected chi connectivity index (χ2v) is 6.16. The quantitative estimate of drug-likeness (QED) is 0.575. The maximum absolute atomic E-state index is 12.1. The zero-order chi connectivity index (χ0) is 15.4. The Balaban J connectivity index is 1.96. The number of benzene rings is 1.